The lowest BCUT2D eigenvalue weighted by molar-refractivity contribution is 0.182. The van der Waals surface area contributed by atoms with Crippen LogP contribution < -0.4 is 5.32 Å². The molecule has 1 aliphatic heterocycles. The number of carbonyl (C=O) groups excluding carboxylic acids is 1. The average Bonchev–Trinajstić information content (AvgIpc) is 3.11. The third-order valence-corrected chi connectivity index (χ3v) is 4.35. The highest BCUT2D eigenvalue weighted by Gasteiger charge is 2.32. The maximum atomic E-state index is 12.9. The number of anilines is 1. The zero-order chi connectivity index (χ0) is 16.4. The summed E-state index contributed by atoms with van der Waals surface area (Å²) >= 11 is 0. The molecule has 5 heteroatoms. The van der Waals surface area contributed by atoms with Crippen molar-refractivity contribution in [2.24, 2.45) is 0 Å². The molecule has 0 aliphatic carbocycles. The second kappa shape index (κ2) is 6.20. The van der Waals surface area contributed by atoms with Crippen molar-refractivity contribution in [3.8, 4) is 0 Å². The molecule has 4 rings (SSSR count). The number of nitrogens with one attached hydrogen (secondary N) is 1. The highest BCUT2D eigenvalue weighted by molar-refractivity contribution is 5.90. The molecule has 120 valence electrons. The van der Waals surface area contributed by atoms with E-state index < -0.39 is 0 Å². The predicted octanol–water partition coefficient (Wildman–Crippen LogP) is 3.52. The summed E-state index contributed by atoms with van der Waals surface area (Å²) in [6.07, 6.45) is 5.60. The number of hydrogen-bond donors (Lipinski definition) is 1. The van der Waals surface area contributed by atoms with E-state index in [1.54, 1.807) is 12.4 Å². The molecule has 1 unspecified atom stereocenters. The second-order valence-corrected chi connectivity index (χ2v) is 5.80. The lowest BCUT2D eigenvalue weighted by Crippen LogP contribution is -2.44. The Bertz CT molecular complexity index is 829. The van der Waals surface area contributed by atoms with Crippen molar-refractivity contribution in [3.05, 3.63) is 84.4 Å². The maximum Gasteiger partial charge on any atom is 0.322 e. The molecule has 0 bridgehead atoms. The third-order valence-electron chi connectivity index (χ3n) is 4.35. The molecule has 3 aromatic rings. The molecular formula is C19H18N4O. The molecule has 5 nitrogen and oxygen atoms in total. The largest absolute Gasteiger partial charge is 0.348 e. The van der Waals surface area contributed by atoms with Gasteiger partial charge in [0.2, 0.25) is 0 Å². The summed E-state index contributed by atoms with van der Waals surface area (Å²) in [5.74, 6) is 0. The van der Waals surface area contributed by atoms with Gasteiger partial charge in [-0.25, -0.2) is 4.79 Å². The first-order chi connectivity index (χ1) is 11.8. The number of pyridine rings is 1. The lowest BCUT2D eigenvalue weighted by Gasteiger charge is -2.37. The first-order valence-electron chi connectivity index (χ1n) is 8.00. The lowest BCUT2D eigenvalue weighted by atomic mass is 10.0. The van der Waals surface area contributed by atoms with Crippen LogP contribution in [0.3, 0.4) is 0 Å². The Kier molecular flexibility index (Phi) is 3.75. The summed E-state index contributed by atoms with van der Waals surface area (Å²) in [7, 11) is 0. The summed E-state index contributed by atoms with van der Waals surface area (Å²) in [6.45, 7) is 1.46. The van der Waals surface area contributed by atoms with Crippen LogP contribution in [0.1, 0.15) is 17.3 Å². The van der Waals surface area contributed by atoms with Crippen molar-refractivity contribution >= 4 is 11.7 Å². The Labute approximate surface area is 140 Å². The molecule has 0 saturated heterocycles. The Hall–Kier alpha value is -3.08. The number of benzene rings is 1. The molecule has 24 heavy (non-hydrogen) atoms. The van der Waals surface area contributed by atoms with Crippen LogP contribution in [0.2, 0.25) is 0 Å². The Balaban J connectivity index is 1.67. The van der Waals surface area contributed by atoms with Crippen LogP contribution in [0.4, 0.5) is 10.5 Å². The fourth-order valence-corrected chi connectivity index (χ4v) is 3.22. The van der Waals surface area contributed by atoms with Gasteiger partial charge in [-0.05, 0) is 42.0 Å². The monoisotopic (exact) mass is 318 g/mol. The van der Waals surface area contributed by atoms with E-state index in [1.165, 1.54) is 0 Å². The number of rotatable bonds is 2. The van der Waals surface area contributed by atoms with Gasteiger partial charge < -0.3 is 14.8 Å². The SMILES string of the molecule is O=C(Nc1ccccc1)N1CCn2cccc2C1c1ccncc1. The molecule has 1 aliphatic rings. The van der Waals surface area contributed by atoms with Gasteiger partial charge in [0.05, 0.1) is 6.04 Å². The smallest absolute Gasteiger partial charge is 0.322 e. The van der Waals surface area contributed by atoms with Gasteiger partial charge in [-0.1, -0.05) is 18.2 Å². The number of nitrogens with zero attached hydrogens (tertiary/aromatic N) is 3. The predicted molar refractivity (Wildman–Crippen MR) is 92.7 cm³/mol. The van der Waals surface area contributed by atoms with E-state index in [0.717, 1.165) is 23.5 Å². The minimum Gasteiger partial charge on any atom is -0.348 e. The van der Waals surface area contributed by atoms with E-state index in [-0.39, 0.29) is 12.1 Å². The summed E-state index contributed by atoms with van der Waals surface area (Å²) in [4.78, 5) is 18.9. The highest BCUT2D eigenvalue weighted by atomic mass is 16.2. The number of carbonyl (C=O) groups is 1. The van der Waals surface area contributed by atoms with E-state index in [2.05, 4.69) is 27.1 Å². The van der Waals surface area contributed by atoms with Crippen LogP contribution in [0.5, 0.6) is 0 Å². The Morgan fingerprint density at radius 1 is 1.00 bits per heavy atom. The van der Waals surface area contributed by atoms with Gasteiger partial charge in [-0.3, -0.25) is 4.98 Å². The average molecular weight is 318 g/mol. The van der Waals surface area contributed by atoms with Crippen molar-refractivity contribution < 1.29 is 4.79 Å². The van der Waals surface area contributed by atoms with Crippen LogP contribution in [-0.4, -0.2) is 27.0 Å². The minimum atomic E-state index is -0.111. The molecule has 0 saturated carbocycles. The molecule has 3 heterocycles. The van der Waals surface area contributed by atoms with Gasteiger partial charge >= 0.3 is 6.03 Å². The quantitative estimate of drug-likeness (QED) is 0.786. The van der Waals surface area contributed by atoms with Gasteiger partial charge in [0.1, 0.15) is 0 Å². The fraction of sp³-hybridized carbons (Fsp3) is 0.158. The van der Waals surface area contributed by atoms with E-state index in [0.29, 0.717) is 6.54 Å². The summed E-state index contributed by atoms with van der Waals surface area (Å²) < 4.78 is 2.21. The Morgan fingerprint density at radius 3 is 2.58 bits per heavy atom. The minimum absolute atomic E-state index is 0.0875. The molecule has 0 fully saturated rings. The van der Waals surface area contributed by atoms with Crippen LogP contribution in [0.25, 0.3) is 0 Å². The molecule has 0 radical (unpaired) electrons. The molecular weight excluding hydrogens is 300 g/mol. The number of aromatic nitrogens is 2. The van der Waals surface area contributed by atoms with Gasteiger partial charge in [0.15, 0.2) is 0 Å². The Morgan fingerprint density at radius 2 is 1.79 bits per heavy atom. The molecule has 2 aromatic heterocycles. The number of para-hydroxylation sites is 1. The summed E-state index contributed by atoms with van der Waals surface area (Å²) in [5, 5.41) is 3.00. The van der Waals surface area contributed by atoms with Gasteiger partial charge in [0, 0.05) is 43.1 Å². The fourth-order valence-electron chi connectivity index (χ4n) is 3.22. The summed E-state index contributed by atoms with van der Waals surface area (Å²) in [6, 6.07) is 17.4. The zero-order valence-corrected chi connectivity index (χ0v) is 13.2. The topological polar surface area (TPSA) is 50.2 Å². The second-order valence-electron chi connectivity index (χ2n) is 5.80. The maximum absolute atomic E-state index is 12.9. The molecule has 1 aromatic carbocycles. The number of urea groups is 1. The van der Waals surface area contributed by atoms with E-state index in [4.69, 9.17) is 0 Å². The first kappa shape index (κ1) is 14.5. The van der Waals surface area contributed by atoms with E-state index in [1.807, 2.05) is 53.4 Å². The van der Waals surface area contributed by atoms with Crippen molar-refractivity contribution in [2.75, 3.05) is 11.9 Å². The molecule has 2 amide bonds. The highest BCUT2D eigenvalue weighted by Crippen LogP contribution is 2.32. The van der Waals surface area contributed by atoms with Gasteiger partial charge in [-0.2, -0.15) is 0 Å². The van der Waals surface area contributed by atoms with Crippen molar-refractivity contribution in [1.82, 2.24) is 14.5 Å². The number of hydrogen-bond acceptors (Lipinski definition) is 2. The van der Waals surface area contributed by atoms with Crippen LogP contribution >= 0.6 is 0 Å². The number of fused-ring (bicyclic) bond motifs is 1. The van der Waals surface area contributed by atoms with Crippen LogP contribution in [0.15, 0.2) is 73.2 Å². The number of amides is 2. The van der Waals surface area contributed by atoms with Gasteiger partial charge in [0.25, 0.3) is 0 Å². The normalized spacial score (nSPS) is 16.5. The summed E-state index contributed by atoms with van der Waals surface area (Å²) in [5.41, 5.74) is 2.99. The van der Waals surface area contributed by atoms with E-state index in [9.17, 15) is 4.79 Å². The zero-order valence-electron chi connectivity index (χ0n) is 13.2. The molecule has 1 N–H and O–H groups in total. The third kappa shape index (κ3) is 2.65. The van der Waals surface area contributed by atoms with E-state index >= 15 is 0 Å². The molecule has 0 spiro atoms. The van der Waals surface area contributed by atoms with Crippen LogP contribution in [-0.2, 0) is 6.54 Å². The first-order valence-corrected chi connectivity index (χ1v) is 8.00. The molecule has 1 atom stereocenters. The van der Waals surface area contributed by atoms with Crippen molar-refractivity contribution in [3.63, 3.8) is 0 Å². The van der Waals surface area contributed by atoms with Crippen molar-refractivity contribution in [1.29, 1.82) is 0 Å². The van der Waals surface area contributed by atoms with Crippen LogP contribution in [0, 0.1) is 0 Å². The van der Waals surface area contributed by atoms with Gasteiger partial charge in [-0.15, -0.1) is 0 Å². The van der Waals surface area contributed by atoms with Crippen molar-refractivity contribution in [2.45, 2.75) is 12.6 Å². The standard InChI is InChI=1S/C19H18N4O/c24-19(21-16-5-2-1-3-6-16)23-14-13-22-12-4-7-17(22)18(23)15-8-10-20-11-9-15/h1-12,18H,13-14H2,(H,21,24).